The molecular formula is C14H17NSi. The van der Waals surface area contributed by atoms with Crippen LogP contribution in [-0.4, -0.2) is 14.1 Å². The molecular weight excluding hydrogens is 210 g/mol. The largest absolute Gasteiger partial charge is 0.379 e. The molecule has 0 aromatic heterocycles. The molecule has 0 spiro atoms. The zero-order valence-corrected chi connectivity index (χ0v) is 10.8. The Morgan fingerprint density at radius 1 is 1.06 bits per heavy atom. The summed E-state index contributed by atoms with van der Waals surface area (Å²) in [7, 11) is -1.37. The summed E-state index contributed by atoms with van der Waals surface area (Å²) < 4.78 is 0. The Kier molecular flexibility index (Phi) is 2.08. The molecule has 2 heteroatoms. The van der Waals surface area contributed by atoms with Gasteiger partial charge in [-0.2, -0.15) is 0 Å². The van der Waals surface area contributed by atoms with Crippen molar-refractivity contribution in [1.82, 2.24) is 0 Å². The van der Waals surface area contributed by atoms with E-state index in [0.29, 0.717) is 11.6 Å². The number of hydrogen-bond donors (Lipinski definition) is 1. The Morgan fingerprint density at radius 3 is 2.69 bits per heavy atom. The lowest BCUT2D eigenvalue weighted by atomic mass is 10.1. The number of hydrogen-bond acceptors (Lipinski definition) is 1. The molecule has 1 aliphatic carbocycles. The van der Waals surface area contributed by atoms with E-state index < -0.39 is 8.07 Å². The lowest BCUT2D eigenvalue weighted by Crippen LogP contribution is -2.56. The third kappa shape index (κ3) is 1.30. The molecule has 1 aliphatic heterocycles. The summed E-state index contributed by atoms with van der Waals surface area (Å²) in [6.45, 7) is 4.96. The van der Waals surface area contributed by atoms with Crippen molar-refractivity contribution in [3.8, 4) is 0 Å². The second kappa shape index (κ2) is 3.35. The summed E-state index contributed by atoms with van der Waals surface area (Å²) in [5.41, 5.74) is 2.03. The maximum absolute atomic E-state index is 3.65. The fraction of sp³-hybridized carbons (Fsp3) is 0.286. The summed E-state index contributed by atoms with van der Waals surface area (Å²) in [4.78, 5) is 0. The predicted molar refractivity (Wildman–Crippen MR) is 73.0 cm³/mol. The summed E-state index contributed by atoms with van der Waals surface area (Å²) in [5.74, 6) is 0. The smallest absolute Gasteiger partial charge is 0.0926 e. The van der Waals surface area contributed by atoms with Crippen molar-refractivity contribution in [2.45, 2.75) is 24.7 Å². The lowest BCUT2D eigenvalue weighted by Gasteiger charge is -2.43. The van der Waals surface area contributed by atoms with E-state index >= 15 is 0 Å². The Morgan fingerprint density at radius 2 is 1.81 bits per heavy atom. The van der Waals surface area contributed by atoms with Crippen molar-refractivity contribution in [1.29, 1.82) is 0 Å². The number of para-hydroxylation sites is 1. The van der Waals surface area contributed by atoms with Crippen molar-refractivity contribution in [2.75, 3.05) is 5.32 Å². The molecule has 1 aromatic carbocycles. The molecule has 3 rings (SSSR count). The molecule has 0 saturated heterocycles. The first kappa shape index (κ1) is 9.91. The van der Waals surface area contributed by atoms with Gasteiger partial charge in [-0.05, 0) is 11.3 Å². The monoisotopic (exact) mass is 227 g/mol. The highest BCUT2D eigenvalue weighted by Gasteiger charge is 2.42. The zero-order chi connectivity index (χ0) is 11.2. The van der Waals surface area contributed by atoms with Crippen molar-refractivity contribution < 1.29 is 0 Å². The van der Waals surface area contributed by atoms with Crippen molar-refractivity contribution in [2.24, 2.45) is 0 Å². The van der Waals surface area contributed by atoms with Gasteiger partial charge in [0, 0.05) is 17.3 Å². The highest BCUT2D eigenvalue weighted by molar-refractivity contribution is 6.93. The average Bonchev–Trinajstić information content (AvgIpc) is 2.29. The van der Waals surface area contributed by atoms with Gasteiger partial charge in [0.25, 0.3) is 0 Å². The van der Waals surface area contributed by atoms with E-state index in [1.165, 1.54) is 5.69 Å². The van der Waals surface area contributed by atoms with E-state index in [4.69, 9.17) is 0 Å². The summed E-state index contributed by atoms with van der Waals surface area (Å²) in [6, 6.07) is 9.31. The van der Waals surface area contributed by atoms with Crippen LogP contribution in [-0.2, 0) is 0 Å². The van der Waals surface area contributed by atoms with Gasteiger partial charge in [0.2, 0.25) is 0 Å². The minimum absolute atomic E-state index is 0.501. The van der Waals surface area contributed by atoms with E-state index in [0.717, 1.165) is 0 Å². The van der Waals surface area contributed by atoms with Crippen LogP contribution in [0.1, 0.15) is 0 Å². The van der Waals surface area contributed by atoms with Crippen LogP contribution in [0.15, 0.2) is 48.6 Å². The van der Waals surface area contributed by atoms with Crippen LogP contribution in [0.3, 0.4) is 0 Å². The summed E-state index contributed by atoms with van der Waals surface area (Å²) in [5, 5.41) is 5.22. The fourth-order valence-corrected chi connectivity index (χ4v) is 6.38. The molecule has 0 saturated carbocycles. The van der Waals surface area contributed by atoms with Crippen LogP contribution in [0, 0.1) is 0 Å². The van der Waals surface area contributed by atoms with Gasteiger partial charge >= 0.3 is 0 Å². The van der Waals surface area contributed by atoms with Gasteiger partial charge < -0.3 is 5.32 Å². The molecule has 82 valence electrons. The number of nitrogens with one attached hydrogen (secondary N) is 1. The average molecular weight is 227 g/mol. The molecule has 1 nitrogen and oxygen atoms in total. The standard InChI is InChI=1S/C14H17NSi/c1-16(2)13-9-5-3-7-11(13)15-12-8-4-6-10-14(12)16/h3-11,13,15H,1-2H3. The number of rotatable bonds is 0. The van der Waals surface area contributed by atoms with Crippen LogP contribution in [0.5, 0.6) is 0 Å². The molecule has 2 aliphatic rings. The Hall–Kier alpha value is -1.28. The highest BCUT2D eigenvalue weighted by Crippen LogP contribution is 2.36. The molecule has 0 radical (unpaired) electrons. The molecule has 2 unspecified atom stereocenters. The first-order valence-corrected chi connectivity index (χ1v) is 8.98. The van der Waals surface area contributed by atoms with Crippen LogP contribution < -0.4 is 10.5 Å². The first-order chi connectivity index (χ1) is 7.69. The van der Waals surface area contributed by atoms with Gasteiger partial charge in [0.05, 0.1) is 8.07 Å². The third-order valence-electron chi connectivity index (χ3n) is 3.91. The molecule has 0 fully saturated rings. The van der Waals surface area contributed by atoms with Crippen molar-refractivity contribution in [3.05, 3.63) is 48.6 Å². The minimum Gasteiger partial charge on any atom is -0.379 e. The van der Waals surface area contributed by atoms with E-state index in [2.05, 4.69) is 67.0 Å². The van der Waals surface area contributed by atoms with Crippen LogP contribution in [0.25, 0.3) is 0 Å². The van der Waals surface area contributed by atoms with E-state index in [1.807, 2.05) is 0 Å². The van der Waals surface area contributed by atoms with Gasteiger partial charge in [0.15, 0.2) is 0 Å². The molecule has 1 aromatic rings. The fourth-order valence-electron chi connectivity index (χ4n) is 2.96. The Balaban J connectivity index is 2.15. The maximum Gasteiger partial charge on any atom is 0.0926 e. The van der Waals surface area contributed by atoms with Gasteiger partial charge in [-0.1, -0.05) is 55.6 Å². The van der Waals surface area contributed by atoms with Gasteiger partial charge in [-0.3, -0.25) is 0 Å². The predicted octanol–water partition coefficient (Wildman–Crippen LogP) is 2.89. The van der Waals surface area contributed by atoms with Crippen molar-refractivity contribution in [3.63, 3.8) is 0 Å². The summed E-state index contributed by atoms with van der Waals surface area (Å²) >= 11 is 0. The third-order valence-corrected chi connectivity index (χ3v) is 7.95. The highest BCUT2D eigenvalue weighted by atomic mass is 28.3. The lowest BCUT2D eigenvalue weighted by molar-refractivity contribution is 0.843. The van der Waals surface area contributed by atoms with E-state index in [-0.39, 0.29) is 0 Å². The Labute approximate surface area is 97.9 Å². The van der Waals surface area contributed by atoms with Gasteiger partial charge in [-0.15, -0.1) is 0 Å². The normalized spacial score (nSPS) is 29.1. The molecule has 1 N–H and O–H groups in total. The van der Waals surface area contributed by atoms with Crippen LogP contribution in [0.2, 0.25) is 18.6 Å². The quantitative estimate of drug-likeness (QED) is 0.672. The summed E-state index contributed by atoms with van der Waals surface area (Å²) in [6.07, 6.45) is 9.05. The first-order valence-electron chi connectivity index (χ1n) is 5.90. The van der Waals surface area contributed by atoms with Gasteiger partial charge in [0.1, 0.15) is 0 Å². The zero-order valence-electron chi connectivity index (χ0n) is 9.77. The number of anilines is 1. The second-order valence-electron chi connectivity index (χ2n) is 5.23. The maximum atomic E-state index is 3.65. The molecule has 16 heavy (non-hydrogen) atoms. The topological polar surface area (TPSA) is 12.0 Å². The van der Waals surface area contributed by atoms with E-state index in [9.17, 15) is 0 Å². The van der Waals surface area contributed by atoms with Crippen LogP contribution in [0.4, 0.5) is 5.69 Å². The second-order valence-corrected chi connectivity index (χ2v) is 9.88. The number of fused-ring (bicyclic) bond motifs is 2. The Bertz CT molecular complexity index is 473. The van der Waals surface area contributed by atoms with Crippen LogP contribution >= 0.6 is 0 Å². The van der Waals surface area contributed by atoms with Gasteiger partial charge in [-0.25, -0.2) is 0 Å². The van der Waals surface area contributed by atoms with Crippen molar-refractivity contribution >= 4 is 18.9 Å². The number of allylic oxidation sites excluding steroid dienone is 2. The molecule has 0 bridgehead atoms. The minimum atomic E-state index is -1.37. The number of benzene rings is 1. The SMILES string of the molecule is C[Si]1(C)c2ccccc2NC2C=CC=CC21. The molecule has 0 amide bonds. The molecule has 1 heterocycles. The molecule has 2 atom stereocenters. The van der Waals surface area contributed by atoms with E-state index in [1.54, 1.807) is 5.19 Å².